The second-order valence-corrected chi connectivity index (χ2v) is 10.0. The molecule has 0 aliphatic rings. The van der Waals surface area contributed by atoms with Gasteiger partial charge in [-0.2, -0.15) is 0 Å². The number of carbonyl (C=O) groups is 5. The lowest BCUT2D eigenvalue weighted by atomic mass is 10.0. The summed E-state index contributed by atoms with van der Waals surface area (Å²) < 4.78 is 0. The summed E-state index contributed by atoms with van der Waals surface area (Å²) in [6, 6.07) is 7.14. The lowest BCUT2D eigenvalue weighted by molar-refractivity contribution is -0.143. The minimum atomic E-state index is -1.33. The number of benzene rings is 2. The quantitative estimate of drug-likeness (QED) is 0.140. The van der Waals surface area contributed by atoms with Crippen LogP contribution in [-0.2, 0) is 36.8 Å². The van der Waals surface area contributed by atoms with Gasteiger partial charge in [0.25, 0.3) is 0 Å². The molecule has 0 saturated carbocycles. The second kappa shape index (κ2) is 15.2. The van der Waals surface area contributed by atoms with E-state index in [1.807, 2.05) is 0 Å². The van der Waals surface area contributed by atoms with Crippen molar-refractivity contribution in [2.45, 2.75) is 63.7 Å². The Kier molecular flexibility index (Phi) is 12.1. The molecule has 4 amide bonds. The van der Waals surface area contributed by atoms with Gasteiger partial charge in [0.05, 0.1) is 6.04 Å². The topological polar surface area (TPSA) is 234 Å². The SMILES string of the molecule is CC(C)C(NC(=O)C(CCC(N)=O)NC(=O)C(Cc1ccc(O)cc1)NC(=O)C(N)Cc1ccc(O)cc1)C(=O)O. The number of nitrogens with one attached hydrogen (secondary N) is 3. The summed E-state index contributed by atoms with van der Waals surface area (Å²) >= 11 is 0. The maximum absolute atomic E-state index is 13.4. The second-order valence-electron chi connectivity index (χ2n) is 10.0. The van der Waals surface area contributed by atoms with Gasteiger partial charge in [-0.1, -0.05) is 38.1 Å². The molecule has 0 fully saturated rings. The van der Waals surface area contributed by atoms with E-state index in [0.29, 0.717) is 11.1 Å². The van der Waals surface area contributed by atoms with Crippen molar-refractivity contribution in [3.8, 4) is 11.5 Å². The first-order valence-corrected chi connectivity index (χ1v) is 13.0. The molecule has 13 heteroatoms. The van der Waals surface area contributed by atoms with Crippen molar-refractivity contribution in [3.63, 3.8) is 0 Å². The van der Waals surface area contributed by atoms with Gasteiger partial charge in [0.2, 0.25) is 23.6 Å². The normalized spacial score (nSPS) is 13.9. The molecule has 0 aliphatic carbocycles. The fourth-order valence-corrected chi connectivity index (χ4v) is 3.93. The molecule has 2 aromatic carbocycles. The van der Waals surface area contributed by atoms with Crippen molar-refractivity contribution in [3.05, 3.63) is 59.7 Å². The van der Waals surface area contributed by atoms with Crippen LogP contribution in [0.15, 0.2) is 48.5 Å². The van der Waals surface area contributed by atoms with Gasteiger partial charge in [0.1, 0.15) is 29.6 Å². The predicted molar refractivity (Wildman–Crippen MR) is 148 cm³/mol. The number of carbonyl (C=O) groups excluding carboxylic acids is 4. The summed E-state index contributed by atoms with van der Waals surface area (Å²) in [4.78, 5) is 62.4. The molecule has 0 bridgehead atoms. The van der Waals surface area contributed by atoms with Crippen molar-refractivity contribution < 1.29 is 39.3 Å². The van der Waals surface area contributed by atoms with E-state index in [1.165, 1.54) is 24.3 Å². The van der Waals surface area contributed by atoms with Crippen molar-refractivity contribution in [1.29, 1.82) is 0 Å². The number of aromatic hydroxyl groups is 2. The molecular formula is C28H37N5O8. The van der Waals surface area contributed by atoms with Crippen LogP contribution >= 0.6 is 0 Å². The highest BCUT2D eigenvalue weighted by atomic mass is 16.4. The van der Waals surface area contributed by atoms with E-state index in [-0.39, 0.29) is 37.2 Å². The Morgan fingerprint density at radius 1 is 0.732 bits per heavy atom. The third-order valence-corrected chi connectivity index (χ3v) is 6.28. The minimum Gasteiger partial charge on any atom is -0.508 e. The van der Waals surface area contributed by atoms with Crippen LogP contribution in [-0.4, -0.2) is 69.1 Å². The molecule has 41 heavy (non-hydrogen) atoms. The van der Waals surface area contributed by atoms with Crippen molar-refractivity contribution in [2.75, 3.05) is 0 Å². The maximum Gasteiger partial charge on any atom is 0.326 e. The fraction of sp³-hybridized carbons (Fsp3) is 0.393. The van der Waals surface area contributed by atoms with Crippen LogP contribution in [0, 0.1) is 5.92 Å². The van der Waals surface area contributed by atoms with E-state index >= 15 is 0 Å². The molecule has 2 rings (SSSR count). The van der Waals surface area contributed by atoms with Gasteiger partial charge in [-0.15, -0.1) is 0 Å². The van der Waals surface area contributed by atoms with Gasteiger partial charge >= 0.3 is 5.97 Å². The summed E-state index contributed by atoms with van der Waals surface area (Å²) in [5.74, 6) is -4.71. The zero-order valence-corrected chi connectivity index (χ0v) is 22.9. The van der Waals surface area contributed by atoms with Crippen LogP contribution < -0.4 is 27.4 Å². The Hall–Kier alpha value is -4.65. The lowest BCUT2D eigenvalue weighted by Gasteiger charge is -2.26. The molecule has 0 radical (unpaired) electrons. The van der Waals surface area contributed by atoms with Crippen molar-refractivity contribution in [2.24, 2.45) is 17.4 Å². The first-order chi connectivity index (χ1) is 19.3. The molecule has 4 atom stereocenters. The molecule has 0 aromatic heterocycles. The average molecular weight is 572 g/mol. The number of phenols is 2. The summed E-state index contributed by atoms with van der Waals surface area (Å²) in [6.45, 7) is 3.20. The number of nitrogens with two attached hydrogens (primary N) is 2. The number of aliphatic carboxylic acids is 1. The standard InChI is InChI=1S/C28H37N5O8/c1-15(2)24(28(40)41)33-26(38)21(11-12-23(30)36)31-27(39)22(14-17-5-9-19(35)10-6-17)32-25(37)20(29)13-16-3-7-18(34)8-4-16/h3-10,15,20-22,24,34-35H,11-14,29H2,1-2H3,(H2,30,36)(H,31,39)(H,32,37)(H,33,38)(H,40,41). The molecule has 222 valence electrons. The van der Waals surface area contributed by atoms with Crippen LogP contribution in [0.2, 0.25) is 0 Å². The van der Waals surface area contributed by atoms with Crippen LogP contribution in [0.5, 0.6) is 11.5 Å². The van der Waals surface area contributed by atoms with E-state index in [9.17, 15) is 39.3 Å². The van der Waals surface area contributed by atoms with E-state index in [2.05, 4.69) is 16.0 Å². The van der Waals surface area contributed by atoms with E-state index in [4.69, 9.17) is 11.5 Å². The Labute approximate surface area is 237 Å². The Morgan fingerprint density at radius 3 is 1.66 bits per heavy atom. The first kappa shape index (κ1) is 32.6. The van der Waals surface area contributed by atoms with Gasteiger partial charge < -0.3 is 42.7 Å². The number of phenolic OH excluding ortho intramolecular Hbond substituents is 2. The molecule has 0 spiro atoms. The maximum atomic E-state index is 13.4. The molecule has 0 saturated heterocycles. The molecule has 4 unspecified atom stereocenters. The number of amides is 4. The first-order valence-electron chi connectivity index (χ1n) is 13.0. The van der Waals surface area contributed by atoms with Crippen LogP contribution in [0.3, 0.4) is 0 Å². The number of hydrogen-bond acceptors (Lipinski definition) is 8. The summed E-state index contributed by atoms with van der Waals surface area (Å²) in [5, 5.41) is 36.0. The van der Waals surface area contributed by atoms with Gasteiger partial charge in [-0.25, -0.2) is 4.79 Å². The third-order valence-electron chi connectivity index (χ3n) is 6.28. The van der Waals surface area contributed by atoms with Crippen LogP contribution in [0.1, 0.15) is 37.8 Å². The number of carboxylic acid groups (broad SMARTS) is 1. The summed E-state index contributed by atoms with van der Waals surface area (Å²) in [6.07, 6.45) is -0.422. The zero-order valence-electron chi connectivity index (χ0n) is 22.9. The zero-order chi connectivity index (χ0) is 30.7. The van der Waals surface area contributed by atoms with Gasteiger partial charge in [0, 0.05) is 12.8 Å². The highest BCUT2D eigenvalue weighted by molar-refractivity contribution is 5.94. The summed E-state index contributed by atoms with van der Waals surface area (Å²) in [7, 11) is 0. The number of primary amides is 1. The molecule has 10 N–H and O–H groups in total. The highest BCUT2D eigenvalue weighted by Gasteiger charge is 2.31. The van der Waals surface area contributed by atoms with Gasteiger partial charge in [0.15, 0.2) is 0 Å². The fourth-order valence-electron chi connectivity index (χ4n) is 3.93. The van der Waals surface area contributed by atoms with E-state index < -0.39 is 59.7 Å². The highest BCUT2D eigenvalue weighted by Crippen LogP contribution is 2.14. The smallest absolute Gasteiger partial charge is 0.326 e. The summed E-state index contributed by atoms with van der Waals surface area (Å²) in [5.41, 5.74) is 12.6. The Bertz CT molecular complexity index is 1220. The minimum absolute atomic E-state index is 0.00367. The number of carboxylic acids is 1. The predicted octanol–water partition coefficient (Wildman–Crippen LogP) is -0.329. The van der Waals surface area contributed by atoms with E-state index in [0.717, 1.165) is 0 Å². The average Bonchev–Trinajstić information content (AvgIpc) is 2.90. The molecular weight excluding hydrogens is 534 g/mol. The van der Waals surface area contributed by atoms with Gasteiger partial charge in [-0.05, 0) is 54.2 Å². The molecule has 0 aliphatic heterocycles. The van der Waals surface area contributed by atoms with Crippen molar-refractivity contribution in [1.82, 2.24) is 16.0 Å². The monoisotopic (exact) mass is 571 g/mol. The van der Waals surface area contributed by atoms with E-state index in [1.54, 1.807) is 38.1 Å². The Morgan fingerprint density at radius 2 is 1.20 bits per heavy atom. The molecule has 2 aromatic rings. The molecule has 0 heterocycles. The lowest BCUT2D eigenvalue weighted by Crippen LogP contribution is -2.58. The largest absolute Gasteiger partial charge is 0.508 e. The number of hydrogen-bond donors (Lipinski definition) is 8. The van der Waals surface area contributed by atoms with Crippen molar-refractivity contribution >= 4 is 29.6 Å². The molecule has 13 nitrogen and oxygen atoms in total. The number of rotatable bonds is 15. The van der Waals surface area contributed by atoms with Crippen LogP contribution in [0.25, 0.3) is 0 Å². The van der Waals surface area contributed by atoms with Crippen LogP contribution in [0.4, 0.5) is 0 Å². The Balaban J connectivity index is 2.26. The van der Waals surface area contributed by atoms with Gasteiger partial charge in [-0.3, -0.25) is 19.2 Å². The third kappa shape index (κ3) is 10.8.